The zero-order valence-electron chi connectivity index (χ0n) is 22.9. The molecule has 15 heteroatoms. The van der Waals surface area contributed by atoms with E-state index in [4.69, 9.17) is 27.9 Å². The van der Waals surface area contributed by atoms with Crippen molar-refractivity contribution in [2.75, 3.05) is 33.2 Å². The highest BCUT2D eigenvalue weighted by Gasteiger charge is 2.56. The summed E-state index contributed by atoms with van der Waals surface area (Å²) in [5.41, 5.74) is 0.210. The second kappa shape index (κ2) is 13.3. The summed E-state index contributed by atoms with van der Waals surface area (Å²) in [5, 5.41) is 33.2. The van der Waals surface area contributed by atoms with Gasteiger partial charge < -0.3 is 30.3 Å². The number of aliphatic carboxylic acids is 1. The van der Waals surface area contributed by atoms with E-state index in [0.717, 1.165) is 11.8 Å². The Labute approximate surface area is 246 Å². The highest BCUT2D eigenvalue weighted by atomic mass is 35.5. The van der Waals surface area contributed by atoms with E-state index in [1.807, 2.05) is 0 Å². The van der Waals surface area contributed by atoms with Crippen molar-refractivity contribution >= 4 is 52.9 Å². The minimum atomic E-state index is -1.98. The molecule has 0 spiro atoms. The number of hydrogen-bond acceptors (Lipinski definition) is 9. The molecule has 3 rings (SSSR count). The molecule has 226 valence electrons. The van der Waals surface area contributed by atoms with Gasteiger partial charge in [0.25, 0.3) is 5.85 Å². The molecule has 1 aromatic rings. The van der Waals surface area contributed by atoms with E-state index < -0.39 is 72.6 Å². The monoisotopic (exact) mass is 616 g/mol. The number of carboxylic acids is 1. The molecule has 5 atom stereocenters. The molecule has 1 aromatic carbocycles. The van der Waals surface area contributed by atoms with Gasteiger partial charge in [-0.25, -0.2) is 9.69 Å². The van der Waals surface area contributed by atoms with Crippen LogP contribution in [0.3, 0.4) is 0 Å². The number of piperazine rings is 1. The molecule has 2 heterocycles. The quantitative estimate of drug-likeness (QED) is 0.281. The highest BCUT2D eigenvalue weighted by Crippen LogP contribution is 2.37. The van der Waals surface area contributed by atoms with Crippen molar-refractivity contribution in [1.82, 2.24) is 20.0 Å². The molecule has 0 bridgehead atoms. The largest absolute Gasteiger partial charge is 0.480 e. The second-order valence-corrected chi connectivity index (χ2v) is 11.0. The lowest BCUT2D eigenvalue weighted by molar-refractivity contribution is -0.251. The molecule has 2 unspecified atom stereocenters. The first kappa shape index (κ1) is 32.5. The fraction of sp³-hybridized carbons (Fsp3) is 0.577. The average molecular weight is 617 g/mol. The second-order valence-electron chi connectivity index (χ2n) is 10.2. The van der Waals surface area contributed by atoms with Crippen LogP contribution in [-0.4, -0.2) is 117 Å². The number of amides is 2. The molecule has 41 heavy (non-hydrogen) atoms. The number of hydrogen-bond donors (Lipinski definition) is 4. The lowest BCUT2D eigenvalue weighted by Crippen LogP contribution is -2.75. The van der Waals surface area contributed by atoms with Crippen LogP contribution in [0.1, 0.15) is 44.6 Å². The Bertz CT molecular complexity index is 1200. The summed E-state index contributed by atoms with van der Waals surface area (Å²) < 4.78 is 5.84. The summed E-state index contributed by atoms with van der Waals surface area (Å²) in [5.74, 6) is -7.10. The lowest BCUT2D eigenvalue weighted by atomic mass is 9.89. The van der Waals surface area contributed by atoms with E-state index in [1.165, 1.54) is 30.1 Å². The Morgan fingerprint density at radius 1 is 1.12 bits per heavy atom. The number of carboxylic acid groups (broad SMARTS) is 2. The van der Waals surface area contributed by atoms with Gasteiger partial charge in [-0.05, 0) is 51.4 Å². The van der Waals surface area contributed by atoms with E-state index in [9.17, 15) is 39.3 Å². The molecule has 2 saturated heterocycles. The van der Waals surface area contributed by atoms with Crippen LogP contribution in [0.2, 0.25) is 10.0 Å². The predicted octanol–water partition coefficient (Wildman–Crippen LogP) is 1.59. The summed E-state index contributed by atoms with van der Waals surface area (Å²) in [7, 11) is 1.36. The number of aliphatic hydroxyl groups is 1. The Balaban J connectivity index is 2.08. The lowest BCUT2D eigenvalue weighted by Gasteiger charge is -2.54. The van der Waals surface area contributed by atoms with Crippen molar-refractivity contribution in [1.29, 1.82) is 0 Å². The van der Waals surface area contributed by atoms with Gasteiger partial charge in [0.1, 0.15) is 12.1 Å². The molecule has 2 aliphatic rings. The van der Waals surface area contributed by atoms with Crippen molar-refractivity contribution in [3.63, 3.8) is 0 Å². The summed E-state index contributed by atoms with van der Waals surface area (Å²) in [4.78, 5) is 67.4. The fourth-order valence-electron chi connectivity index (χ4n) is 5.26. The van der Waals surface area contributed by atoms with E-state index in [0.29, 0.717) is 25.9 Å². The van der Waals surface area contributed by atoms with E-state index in [1.54, 1.807) is 11.8 Å². The number of rotatable bonds is 10. The van der Waals surface area contributed by atoms with Gasteiger partial charge in [-0.15, -0.1) is 0 Å². The van der Waals surface area contributed by atoms with Crippen LogP contribution >= 0.6 is 23.2 Å². The van der Waals surface area contributed by atoms with Crippen LogP contribution in [0, 0.1) is 0 Å². The van der Waals surface area contributed by atoms with Crippen molar-refractivity contribution < 1.29 is 44.0 Å². The van der Waals surface area contributed by atoms with Gasteiger partial charge in [0.15, 0.2) is 5.78 Å². The smallest absolute Gasteiger partial charge is 0.411 e. The molecule has 0 aliphatic carbocycles. The van der Waals surface area contributed by atoms with Crippen molar-refractivity contribution in [2.24, 2.45) is 0 Å². The molecule has 4 N–H and O–H groups in total. The molecule has 0 aromatic heterocycles. The van der Waals surface area contributed by atoms with E-state index in [2.05, 4.69) is 5.32 Å². The van der Waals surface area contributed by atoms with E-state index in [-0.39, 0.29) is 22.2 Å². The van der Waals surface area contributed by atoms with Gasteiger partial charge >= 0.3 is 18.0 Å². The molecule has 0 radical (unpaired) electrons. The number of esters is 1. The van der Waals surface area contributed by atoms with Crippen LogP contribution in [0.4, 0.5) is 4.79 Å². The molecule has 0 saturated carbocycles. The Morgan fingerprint density at radius 3 is 2.27 bits per heavy atom. The molecule has 2 amide bonds. The van der Waals surface area contributed by atoms with E-state index >= 15 is 0 Å². The first-order valence-corrected chi connectivity index (χ1v) is 13.8. The number of ketones is 1. The van der Waals surface area contributed by atoms with Gasteiger partial charge in [-0.3, -0.25) is 24.1 Å². The maximum atomic E-state index is 14.2. The van der Waals surface area contributed by atoms with Crippen LogP contribution in [0.25, 0.3) is 0 Å². The number of nitrogens with zero attached hydrogens (tertiary/aromatic N) is 3. The standard InChI is InChI=1S/C26H34Cl2N4O9/c1-14-12-32(25(39)40)26(30-8-4-5-9-30,41-20(34)11-19(29-3)24(37)38)13-31(14)23(36)21(22(35)15(2)33)16-6-7-17(27)18(28)10-16/h6-7,10,14,19,21-22,29,35H,4-5,8-9,11-13H2,1-3H3,(H,37,38)(H,39,40)/t14-,19?,21?,22-,26+/m1/s1. The fourth-order valence-corrected chi connectivity index (χ4v) is 5.57. The number of aliphatic hydroxyl groups excluding tert-OH is 1. The average Bonchev–Trinajstić information content (AvgIpc) is 3.45. The van der Waals surface area contributed by atoms with Crippen molar-refractivity contribution in [3.05, 3.63) is 33.8 Å². The van der Waals surface area contributed by atoms with Gasteiger partial charge in [0.2, 0.25) is 5.91 Å². The number of nitrogens with one attached hydrogen (secondary N) is 1. The van der Waals surface area contributed by atoms with Gasteiger partial charge in [0, 0.05) is 25.7 Å². The van der Waals surface area contributed by atoms with Crippen LogP contribution in [-0.2, 0) is 23.9 Å². The minimum Gasteiger partial charge on any atom is -0.480 e. The normalized spacial score (nSPS) is 23.5. The van der Waals surface area contributed by atoms with Gasteiger partial charge in [-0.1, -0.05) is 29.3 Å². The van der Waals surface area contributed by atoms with Gasteiger partial charge in [0.05, 0.1) is 28.9 Å². The Hall–Kier alpha value is -2.97. The zero-order valence-corrected chi connectivity index (χ0v) is 24.4. The number of likely N-dealkylation sites (tertiary alicyclic amines) is 1. The van der Waals surface area contributed by atoms with Crippen LogP contribution in [0.5, 0.6) is 0 Å². The third kappa shape index (κ3) is 6.92. The van der Waals surface area contributed by atoms with Crippen LogP contribution < -0.4 is 5.32 Å². The number of Topliss-reactive ketones (excluding diaryl/α,β-unsaturated/α-hetero) is 1. The third-order valence-corrected chi connectivity index (χ3v) is 8.23. The highest BCUT2D eigenvalue weighted by molar-refractivity contribution is 6.42. The Kier molecular flexibility index (Phi) is 10.6. The summed E-state index contributed by atoms with van der Waals surface area (Å²) in [6, 6.07) is 2.20. The SMILES string of the molecule is CNC(CC(=O)O[C@]1(N2CCCC2)CN(C(=O)C(c2ccc(Cl)c(Cl)c2)[C@H](O)C(C)=O)[C@H](C)CN1C(=O)O)C(=O)O. The maximum Gasteiger partial charge on any atom is 0.411 e. The predicted molar refractivity (Wildman–Crippen MR) is 147 cm³/mol. The Morgan fingerprint density at radius 2 is 1.76 bits per heavy atom. The molecular weight excluding hydrogens is 583 g/mol. The first-order chi connectivity index (χ1) is 19.2. The molecule has 2 fully saturated rings. The summed E-state index contributed by atoms with van der Waals surface area (Å²) in [6.07, 6.45) is -2.44. The number of carbonyl (C=O) groups is 5. The first-order valence-electron chi connectivity index (χ1n) is 13.0. The number of ether oxygens (including phenoxy) is 1. The van der Waals surface area contributed by atoms with Crippen LogP contribution in [0.15, 0.2) is 18.2 Å². The number of benzene rings is 1. The van der Waals surface area contributed by atoms with Crippen molar-refractivity contribution in [2.45, 2.75) is 63.1 Å². The summed E-state index contributed by atoms with van der Waals surface area (Å²) in [6.45, 7) is 2.68. The third-order valence-electron chi connectivity index (χ3n) is 7.49. The molecule has 13 nitrogen and oxygen atoms in total. The number of carbonyl (C=O) groups excluding carboxylic acids is 3. The zero-order chi connectivity index (χ0) is 30.6. The minimum absolute atomic E-state index is 0.0966. The molecule has 2 aliphatic heterocycles. The number of halogens is 2. The topological polar surface area (TPSA) is 177 Å². The summed E-state index contributed by atoms with van der Waals surface area (Å²) >= 11 is 12.2. The van der Waals surface area contributed by atoms with Crippen molar-refractivity contribution in [3.8, 4) is 0 Å². The molecular formula is C26H34Cl2N4O9. The van der Waals surface area contributed by atoms with Gasteiger partial charge in [-0.2, -0.15) is 0 Å². The maximum absolute atomic E-state index is 14.2. The number of likely N-dealkylation sites (N-methyl/N-ethyl adjacent to an activating group) is 1.